The molecular formula is C8H18NO3. The van der Waals surface area contributed by atoms with E-state index in [4.69, 9.17) is 19.9 Å². The average Bonchev–Trinajstić information content (AvgIpc) is 2.10. The van der Waals surface area contributed by atoms with Gasteiger partial charge in [0, 0.05) is 13.2 Å². The highest BCUT2D eigenvalue weighted by molar-refractivity contribution is 4.35. The maximum atomic E-state index is 5.22. The van der Waals surface area contributed by atoms with Crippen LogP contribution in [0, 0.1) is 6.92 Å². The van der Waals surface area contributed by atoms with Gasteiger partial charge in [-0.2, -0.15) is 0 Å². The minimum absolute atomic E-state index is 0.493. The van der Waals surface area contributed by atoms with Crippen LogP contribution in [-0.2, 0) is 14.2 Å². The van der Waals surface area contributed by atoms with Gasteiger partial charge < -0.3 is 19.9 Å². The monoisotopic (exact) mass is 176 g/mol. The molecule has 0 saturated heterocycles. The summed E-state index contributed by atoms with van der Waals surface area (Å²) in [5.41, 5.74) is 5.22. The van der Waals surface area contributed by atoms with E-state index < -0.39 is 0 Å². The Morgan fingerprint density at radius 2 is 1.33 bits per heavy atom. The maximum Gasteiger partial charge on any atom is 0.0701 e. The molecule has 12 heavy (non-hydrogen) atoms. The lowest BCUT2D eigenvalue weighted by Gasteiger charge is -2.04. The molecule has 0 unspecified atom stereocenters. The van der Waals surface area contributed by atoms with Crippen LogP contribution in [0.25, 0.3) is 0 Å². The summed E-state index contributed by atoms with van der Waals surface area (Å²) in [4.78, 5) is 0. The Labute approximate surface area is 74.0 Å². The molecule has 73 valence electrons. The van der Waals surface area contributed by atoms with E-state index in [0.717, 1.165) is 0 Å². The van der Waals surface area contributed by atoms with Crippen molar-refractivity contribution in [1.82, 2.24) is 0 Å². The largest absolute Gasteiger partial charge is 0.379 e. The summed E-state index contributed by atoms with van der Waals surface area (Å²) >= 11 is 0. The number of ether oxygens (including phenoxy) is 3. The van der Waals surface area contributed by atoms with E-state index in [0.29, 0.717) is 46.2 Å². The predicted octanol–water partition coefficient (Wildman–Crippen LogP) is -0.171. The summed E-state index contributed by atoms with van der Waals surface area (Å²) in [5, 5.41) is 0. The molecule has 4 heteroatoms. The van der Waals surface area contributed by atoms with Crippen LogP contribution in [0.4, 0.5) is 0 Å². The van der Waals surface area contributed by atoms with Gasteiger partial charge in [-0.1, -0.05) is 0 Å². The molecular weight excluding hydrogens is 158 g/mol. The SMILES string of the molecule is [CH2]COCCOCCOCCN. The predicted molar refractivity (Wildman–Crippen MR) is 46.9 cm³/mol. The molecule has 0 spiro atoms. The van der Waals surface area contributed by atoms with Gasteiger partial charge in [0.2, 0.25) is 0 Å². The lowest BCUT2D eigenvalue weighted by molar-refractivity contribution is 0.0209. The maximum absolute atomic E-state index is 5.22. The fraction of sp³-hybridized carbons (Fsp3) is 0.875. The summed E-state index contributed by atoms with van der Waals surface area (Å²) in [7, 11) is 0. The van der Waals surface area contributed by atoms with Crippen LogP contribution >= 0.6 is 0 Å². The first-order valence-corrected chi connectivity index (χ1v) is 4.14. The van der Waals surface area contributed by atoms with Crippen LogP contribution in [0.2, 0.25) is 0 Å². The van der Waals surface area contributed by atoms with Crippen LogP contribution < -0.4 is 5.73 Å². The third kappa shape index (κ3) is 9.84. The Balaban J connectivity index is 2.73. The fourth-order valence-corrected chi connectivity index (χ4v) is 0.625. The minimum Gasteiger partial charge on any atom is -0.379 e. The van der Waals surface area contributed by atoms with Crippen molar-refractivity contribution in [3.8, 4) is 0 Å². The van der Waals surface area contributed by atoms with Crippen LogP contribution in [0.3, 0.4) is 0 Å². The molecule has 0 rings (SSSR count). The van der Waals surface area contributed by atoms with Gasteiger partial charge in [0.05, 0.1) is 33.0 Å². The van der Waals surface area contributed by atoms with Gasteiger partial charge in [0.15, 0.2) is 0 Å². The zero-order chi connectivity index (χ0) is 9.07. The highest BCUT2D eigenvalue weighted by Crippen LogP contribution is 1.79. The van der Waals surface area contributed by atoms with Gasteiger partial charge in [-0.05, 0) is 6.92 Å². The third-order valence-corrected chi connectivity index (χ3v) is 1.15. The van der Waals surface area contributed by atoms with Crippen molar-refractivity contribution in [3.63, 3.8) is 0 Å². The second kappa shape index (κ2) is 10.8. The van der Waals surface area contributed by atoms with Gasteiger partial charge in [-0.25, -0.2) is 0 Å². The van der Waals surface area contributed by atoms with Gasteiger partial charge in [-0.15, -0.1) is 0 Å². The van der Waals surface area contributed by atoms with Crippen LogP contribution in [0.15, 0.2) is 0 Å². The molecule has 0 aromatic heterocycles. The molecule has 0 amide bonds. The van der Waals surface area contributed by atoms with Crippen molar-refractivity contribution < 1.29 is 14.2 Å². The molecule has 0 heterocycles. The average molecular weight is 176 g/mol. The van der Waals surface area contributed by atoms with Gasteiger partial charge >= 0.3 is 0 Å². The Kier molecular flexibility index (Phi) is 10.7. The smallest absolute Gasteiger partial charge is 0.0701 e. The molecule has 0 aliphatic carbocycles. The van der Waals surface area contributed by atoms with Crippen LogP contribution in [-0.4, -0.2) is 46.2 Å². The molecule has 0 aromatic rings. The third-order valence-electron chi connectivity index (χ3n) is 1.15. The van der Waals surface area contributed by atoms with Crippen molar-refractivity contribution in [2.75, 3.05) is 46.2 Å². The molecule has 0 atom stereocenters. The molecule has 4 nitrogen and oxygen atoms in total. The minimum atomic E-state index is 0.493. The standard InChI is InChI=1S/C8H18NO3/c1-2-10-5-6-12-8-7-11-4-3-9/h1-9H2. The van der Waals surface area contributed by atoms with E-state index in [9.17, 15) is 0 Å². The number of rotatable bonds is 9. The molecule has 1 radical (unpaired) electrons. The molecule has 0 saturated carbocycles. The number of hydrogen-bond donors (Lipinski definition) is 1. The lowest BCUT2D eigenvalue weighted by atomic mass is 10.7. The van der Waals surface area contributed by atoms with Gasteiger partial charge in [0.25, 0.3) is 0 Å². The van der Waals surface area contributed by atoms with Crippen molar-refractivity contribution >= 4 is 0 Å². The van der Waals surface area contributed by atoms with E-state index in [1.165, 1.54) is 0 Å². The summed E-state index contributed by atoms with van der Waals surface area (Å²) in [6.45, 7) is 7.57. The lowest BCUT2D eigenvalue weighted by Crippen LogP contribution is -2.13. The Morgan fingerprint density at radius 3 is 1.83 bits per heavy atom. The summed E-state index contributed by atoms with van der Waals surface area (Å²) < 4.78 is 15.2. The van der Waals surface area contributed by atoms with Crippen molar-refractivity contribution in [3.05, 3.63) is 6.92 Å². The molecule has 0 aliphatic heterocycles. The zero-order valence-electron chi connectivity index (χ0n) is 7.46. The second-order valence-corrected chi connectivity index (χ2v) is 2.13. The fourth-order valence-electron chi connectivity index (χ4n) is 0.625. The first-order valence-electron chi connectivity index (χ1n) is 4.14. The highest BCUT2D eigenvalue weighted by Gasteiger charge is 1.88. The van der Waals surface area contributed by atoms with Crippen molar-refractivity contribution in [1.29, 1.82) is 0 Å². The first-order chi connectivity index (χ1) is 5.91. The van der Waals surface area contributed by atoms with Crippen LogP contribution in [0.5, 0.6) is 0 Å². The van der Waals surface area contributed by atoms with E-state index in [2.05, 4.69) is 6.92 Å². The summed E-state index contributed by atoms with van der Waals surface area (Å²) in [6, 6.07) is 0. The Bertz CT molecular complexity index is 70.7. The van der Waals surface area contributed by atoms with E-state index >= 15 is 0 Å². The quantitative estimate of drug-likeness (QED) is 0.495. The second-order valence-electron chi connectivity index (χ2n) is 2.13. The summed E-state index contributed by atoms with van der Waals surface area (Å²) in [6.07, 6.45) is 0. The number of hydrogen-bond acceptors (Lipinski definition) is 4. The van der Waals surface area contributed by atoms with E-state index in [-0.39, 0.29) is 0 Å². The van der Waals surface area contributed by atoms with Crippen molar-refractivity contribution in [2.24, 2.45) is 5.73 Å². The van der Waals surface area contributed by atoms with Gasteiger partial charge in [0.1, 0.15) is 0 Å². The molecule has 0 fully saturated rings. The first kappa shape index (κ1) is 11.8. The van der Waals surface area contributed by atoms with Crippen molar-refractivity contribution in [2.45, 2.75) is 0 Å². The highest BCUT2D eigenvalue weighted by atomic mass is 16.5. The molecule has 2 N–H and O–H groups in total. The molecule has 0 bridgehead atoms. The van der Waals surface area contributed by atoms with E-state index in [1.54, 1.807) is 0 Å². The zero-order valence-corrected chi connectivity index (χ0v) is 7.46. The van der Waals surface area contributed by atoms with E-state index in [1.807, 2.05) is 0 Å². The van der Waals surface area contributed by atoms with Crippen LogP contribution in [0.1, 0.15) is 0 Å². The Hall–Kier alpha value is -0.160. The number of nitrogens with two attached hydrogens (primary N) is 1. The molecule has 0 aromatic carbocycles. The molecule has 0 aliphatic rings. The van der Waals surface area contributed by atoms with Gasteiger partial charge in [-0.3, -0.25) is 0 Å². The normalized spacial score (nSPS) is 10.5. The summed E-state index contributed by atoms with van der Waals surface area (Å²) in [5.74, 6) is 0. The topological polar surface area (TPSA) is 53.7 Å². The Morgan fingerprint density at radius 1 is 0.833 bits per heavy atom.